The molecule has 0 saturated carbocycles. The standard InChI is InChI=1S/C12H10FNOS/c13-9-3-1-4-10(7-9)14-12(15)8-11-5-2-6-16-11/h1-7H,8H2,(H,14,15). The van der Waals surface area contributed by atoms with Crippen molar-refractivity contribution in [2.24, 2.45) is 0 Å². The Morgan fingerprint density at radius 2 is 2.19 bits per heavy atom. The van der Waals surface area contributed by atoms with Gasteiger partial charge in [-0.15, -0.1) is 11.3 Å². The minimum atomic E-state index is -0.353. The van der Waals surface area contributed by atoms with E-state index in [0.29, 0.717) is 12.1 Å². The van der Waals surface area contributed by atoms with Crippen LogP contribution in [0.15, 0.2) is 41.8 Å². The molecule has 0 fully saturated rings. The molecule has 1 aromatic carbocycles. The minimum Gasteiger partial charge on any atom is -0.326 e. The number of thiophene rings is 1. The number of nitrogens with one attached hydrogen (secondary N) is 1. The van der Waals surface area contributed by atoms with Crippen molar-refractivity contribution in [3.8, 4) is 0 Å². The van der Waals surface area contributed by atoms with Crippen LogP contribution in [0.3, 0.4) is 0 Å². The van der Waals surface area contributed by atoms with Crippen molar-refractivity contribution in [1.82, 2.24) is 0 Å². The van der Waals surface area contributed by atoms with Gasteiger partial charge < -0.3 is 5.32 Å². The molecule has 0 atom stereocenters. The van der Waals surface area contributed by atoms with Crippen LogP contribution in [-0.4, -0.2) is 5.91 Å². The number of benzene rings is 1. The summed E-state index contributed by atoms with van der Waals surface area (Å²) in [6.45, 7) is 0. The van der Waals surface area contributed by atoms with Crippen LogP contribution in [0.4, 0.5) is 10.1 Å². The molecule has 16 heavy (non-hydrogen) atoms. The van der Waals surface area contributed by atoms with Crippen molar-refractivity contribution in [1.29, 1.82) is 0 Å². The normalized spacial score (nSPS) is 10.1. The van der Waals surface area contributed by atoms with Crippen molar-refractivity contribution in [2.75, 3.05) is 5.32 Å². The summed E-state index contributed by atoms with van der Waals surface area (Å²) in [7, 11) is 0. The Labute approximate surface area is 96.7 Å². The van der Waals surface area contributed by atoms with Gasteiger partial charge in [0.2, 0.25) is 5.91 Å². The van der Waals surface area contributed by atoms with Gasteiger partial charge >= 0.3 is 0 Å². The fraction of sp³-hybridized carbons (Fsp3) is 0.0833. The highest BCUT2D eigenvalue weighted by Gasteiger charge is 2.04. The summed E-state index contributed by atoms with van der Waals surface area (Å²) in [5, 5.41) is 4.57. The van der Waals surface area contributed by atoms with Crippen LogP contribution in [0.5, 0.6) is 0 Å². The van der Waals surface area contributed by atoms with Crippen LogP contribution in [-0.2, 0) is 11.2 Å². The summed E-state index contributed by atoms with van der Waals surface area (Å²) in [6, 6.07) is 9.66. The van der Waals surface area contributed by atoms with E-state index in [1.165, 1.54) is 23.5 Å². The molecule has 2 aromatic rings. The lowest BCUT2D eigenvalue weighted by molar-refractivity contribution is -0.115. The zero-order chi connectivity index (χ0) is 11.4. The van der Waals surface area contributed by atoms with Gasteiger partial charge in [0.1, 0.15) is 5.82 Å². The fourth-order valence-electron chi connectivity index (χ4n) is 1.34. The molecule has 1 aromatic heterocycles. The van der Waals surface area contributed by atoms with E-state index in [2.05, 4.69) is 5.32 Å². The smallest absolute Gasteiger partial charge is 0.229 e. The highest BCUT2D eigenvalue weighted by atomic mass is 32.1. The van der Waals surface area contributed by atoms with Crippen molar-refractivity contribution < 1.29 is 9.18 Å². The zero-order valence-electron chi connectivity index (χ0n) is 8.44. The summed E-state index contributed by atoms with van der Waals surface area (Å²) in [5.41, 5.74) is 0.488. The number of halogens is 1. The molecule has 82 valence electrons. The Balaban J connectivity index is 1.97. The summed E-state index contributed by atoms with van der Waals surface area (Å²) < 4.78 is 12.8. The number of carbonyl (C=O) groups is 1. The maximum absolute atomic E-state index is 12.8. The maximum atomic E-state index is 12.8. The Morgan fingerprint density at radius 3 is 2.88 bits per heavy atom. The van der Waals surface area contributed by atoms with E-state index in [4.69, 9.17) is 0 Å². The second kappa shape index (κ2) is 4.90. The molecule has 0 aliphatic heterocycles. The maximum Gasteiger partial charge on any atom is 0.229 e. The third-order valence-electron chi connectivity index (χ3n) is 2.02. The molecule has 0 aliphatic rings. The average molecular weight is 235 g/mol. The first-order chi connectivity index (χ1) is 7.74. The number of hydrogen-bond donors (Lipinski definition) is 1. The number of anilines is 1. The van der Waals surface area contributed by atoms with Gasteiger partial charge in [-0.2, -0.15) is 0 Å². The van der Waals surface area contributed by atoms with Crippen LogP contribution in [0.25, 0.3) is 0 Å². The Hall–Kier alpha value is -1.68. The van der Waals surface area contributed by atoms with Gasteiger partial charge in [-0.05, 0) is 29.6 Å². The van der Waals surface area contributed by atoms with Gasteiger partial charge in [-0.1, -0.05) is 12.1 Å². The van der Waals surface area contributed by atoms with Gasteiger partial charge in [0, 0.05) is 10.6 Å². The summed E-state index contributed by atoms with van der Waals surface area (Å²) in [4.78, 5) is 12.6. The number of hydrogen-bond acceptors (Lipinski definition) is 2. The lowest BCUT2D eigenvalue weighted by Gasteiger charge is -2.03. The third kappa shape index (κ3) is 2.90. The summed E-state index contributed by atoms with van der Waals surface area (Å²) in [6.07, 6.45) is 0.328. The topological polar surface area (TPSA) is 29.1 Å². The van der Waals surface area contributed by atoms with Gasteiger partial charge in [0.05, 0.1) is 6.42 Å². The van der Waals surface area contributed by atoms with Crippen LogP contribution in [0.2, 0.25) is 0 Å². The lowest BCUT2D eigenvalue weighted by atomic mass is 10.3. The number of amides is 1. The van der Waals surface area contributed by atoms with Gasteiger partial charge in [-0.3, -0.25) is 4.79 Å². The van der Waals surface area contributed by atoms with Crippen LogP contribution in [0, 0.1) is 5.82 Å². The van der Waals surface area contributed by atoms with E-state index in [1.807, 2.05) is 17.5 Å². The van der Waals surface area contributed by atoms with E-state index in [1.54, 1.807) is 12.1 Å². The van der Waals surface area contributed by atoms with E-state index < -0.39 is 0 Å². The SMILES string of the molecule is O=C(Cc1cccs1)Nc1cccc(F)c1. The zero-order valence-corrected chi connectivity index (χ0v) is 9.26. The second-order valence-electron chi connectivity index (χ2n) is 3.31. The molecule has 1 N–H and O–H groups in total. The van der Waals surface area contributed by atoms with Crippen LogP contribution >= 0.6 is 11.3 Å². The summed E-state index contributed by atoms with van der Waals surface area (Å²) in [5.74, 6) is -0.484. The monoisotopic (exact) mass is 235 g/mol. The lowest BCUT2D eigenvalue weighted by Crippen LogP contribution is -2.13. The first kappa shape index (κ1) is 10.8. The van der Waals surface area contributed by atoms with E-state index in [0.717, 1.165) is 4.88 Å². The van der Waals surface area contributed by atoms with Gasteiger partial charge in [-0.25, -0.2) is 4.39 Å². The molecule has 0 bridgehead atoms. The first-order valence-electron chi connectivity index (χ1n) is 4.82. The van der Waals surface area contributed by atoms with Gasteiger partial charge in [0.15, 0.2) is 0 Å². The predicted octanol–water partition coefficient (Wildman–Crippen LogP) is 3.07. The van der Waals surface area contributed by atoms with E-state index in [-0.39, 0.29) is 11.7 Å². The molecule has 0 saturated heterocycles. The van der Waals surface area contributed by atoms with E-state index in [9.17, 15) is 9.18 Å². The van der Waals surface area contributed by atoms with Crippen molar-refractivity contribution in [3.63, 3.8) is 0 Å². The van der Waals surface area contributed by atoms with Crippen LogP contribution < -0.4 is 5.32 Å². The molecule has 1 heterocycles. The third-order valence-corrected chi connectivity index (χ3v) is 2.90. The van der Waals surface area contributed by atoms with Crippen molar-refractivity contribution in [3.05, 3.63) is 52.5 Å². The minimum absolute atomic E-state index is 0.131. The Bertz CT molecular complexity index is 482. The molecule has 0 aliphatic carbocycles. The molecule has 0 radical (unpaired) electrons. The molecular weight excluding hydrogens is 225 g/mol. The Morgan fingerprint density at radius 1 is 1.31 bits per heavy atom. The second-order valence-corrected chi connectivity index (χ2v) is 4.35. The van der Waals surface area contributed by atoms with Crippen LogP contribution in [0.1, 0.15) is 4.88 Å². The molecule has 1 amide bonds. The predicted molar refractivity (Wildman–Crippen MR) is 63.1 cm³/mol. The molecule has 0 spiro atoms. The highest BCUT2D eigenvalue weighted by molar-refractivity contribution is 7.10. The molecule has 2 rings (SSSR count). The molecular formula is C12H10FNOS. The summed E-state index contributed by atoms with van der Waals surface area (Å²) >= 11 is 1.53. The number of carbonyl (C=O) groups excluding carboxylic acids is 1. The van der Waals surface area contributed by atoms with Crippen molar-refractivity contribution in [2.45, 2.75) is 6.42 Å². The molecule has 2 nitrogen and oxygen atoms in total. The van der Waals surface area contributed by atoms with Gasteiger partial charge in [0.25, 0.3) is 0 Å². The molecule has 4 heteroatoms. The Kier molecular flexibility index (Phi) is 3.31. The largest absolute Gasteiger partial charge is 0.326 e. The van der Waals surface area contributed by atoms with Crippen molar-refractivity contribution >= 4 is 22.9 Å². The first-order valence-corrected chi connectivity index (χ1v) is 5.70. The average Bonchev–Trinajstić information content (AvgIpc) is 2.70. The highest BCUT2D eigenvalue weighted by Crippen LogP contribution is 2.12. The number of rotatable bonds is 3. The fourth-order valence-corrected chi connectivity index (χ4v) is 2.05. The molecule has 0 unspecified atom stereocenters. The van der Waals surface area contributed by atoms with E-state index >= 15 is 0 Å². The quantitative estimate of drug-likeness (QED) is 0.870.